The largest absolute Gasteiger partial charge is 0.485 e. The van der Waals surface area contributed by atoms with Crippen LogP contribution in [0.3, 0.4) is 0 Å². The molecule has 2 N–H and O–H groups in total. The van der Waals surface area contributed by atoms with Crippen molar-refractivity contribution < 1.29 is 23.5 Å². The Hall–Kier alpha value is -3.53. The summed E-state index contributed by atoms with van der Waals surface area (Å²) in [5.74, 6) is 0.955. The maximum atomic E-state index is 11.9. The maximum Gasteiger partial charge on any atom is 0.325 e. The number of hydrogen-bond donors (Lipinski definition) is 2. The molecule has 1 aromatic heterocycles. The fourth-order valence-corrected chi connectivity index (χ4v) is 3.09. The lowest BCUT2D eigenvalue weighted by Crippen LogP contribution is -2.35. The molecule has 3 amide bonds. The molecule has 4 rings (SSSR count). The van der Waals surface area contributed by atoms with Crippen molar-refractivity contribution in [1.29, 1.82) is 0 Å². The minimum atomic E-state index is -0.612. The van der Waals surface area contributed by atoms with E-state index in [0.29, 0.717) is 17.2 Å². The third-order valence-electron chi connectivity index (χ3n) is 3.82. The van der Waals surface area contributed by atoms with Gasteiger partial charge in [0.25, 0.3) is 11.1 Å². The molecule has 9 nitrogen and oxygen atoms in total. The highest BCUT2D eigenvalue weighted by Crippen LogP contribution is 2.35. The molecule has 0 unspecified atom stereocenters. The average molecular weight is 412 g/mol. The van der Waals surface area contributed by atoms with E-state index in [1.165, 1.54) is 0 Å². The summed E-state index contributed by atoms with van der Waals surface area (Å²) < 4.78 is 17.0. The zero-order valence-corrected chi connectivity index (χ0v) is 15.8. The van der Waals surface area contributed by atoms with E-state index >= 15 is 0 Å². The number of para-hydroxylation sites is 3. The maximum absolute atomic E-state index is 11.9. The number of carbonyl (C=O) groups excluding carboxylic acids is 2. The highest BCUT2D eigenvalue weighted by Gasteiger charge is 2.27. The van der Waals surface area contributed by atoms with Crippen LogP contribution in [0.5, 0.6) is 11.5 Å². The van der Waals surface area contributed by atoms with Gasteiger partial charge < -0.3 is 19.2 Å². The minimum absolute atomic E-state index is 0.0608. The summed E-state index contributed by atoms with van der Waals surface area (Å²) in [6.07, 6.45) is -0.530. The highest BCUT2D eigenvalue weighted by atomic mass is 32.2. The normalized spacial score (nSPS) is 14.8. The first-order chi connectivity index (χ1) is 14.2. The summed E-state index contributed by atoms with van der Waals surface area (Å²) in [5, 5.41) is 12.8. The van der Waals surface area contributed by atoms with Crippen molar-refractivity contribution in [3.05, 3.63) is 60.5 Å². The Morgan fingerprint density at radius 3 is 2.62 bits per heavy atom. The molecular formula is C19H16N4O5S. The number of nitrogens with zero attached hydrogens (tertiary/aromatic N) is 2. The Labute approximate surface area is 169 Å². The lowest BCUT2D eigenvalue weighted by molar-refractivity contribution is -0.117. The Morgan fingerprint density at radius 1 is 1.03 bits per heavy atom. The lowest BCUT2D eigenvalue weighted by Gasteiger charge is -2.23. The SMILES string of the molecule is O=C(CSc1nnc([C@H]2COc3ccccc3O2)o1)NC(=O)Nc1ccccc1. The first kappa shape index (κ1) is 18.8. The molecule has 1 aliphatic heterocycles. The number of benzene rings is 2. The van der Waals surface area contributed by atoms with E-state index in [9.17, 15) is 9.59 Å². The van der Waals surface area contributed by atoms with Crippen molar-refractivity contribution in [2.75, 3.05) is 17.7 Å². The van der Waals surface area contributed by atoms with E-state index in [4.69, 9.17) is 13.9 Å². The molecule has 3 aromatic rings. The molecule has 1 aliphatic rings. The van der Waals surface area contributed by atoms with Crippen LogP contribution in [-0.2, 0) is 4.79 Å². The Kier molecular flexibility index (Phi) is 5.61. The number of amides is 3. The summed E-state index contributed by atoms with van der Waals surface area (Å²) >= 11 is 1.02. The molecule has 2 heterocycles. The molecule has 10 heteroatoms. The van der Waals surface area contributed by atoms with E-state index in [-0.39, 0.29) is 23.5 Å². The molecule has 29 heavy (non-hydrogen) atoms. The monoisotopic (exact) mass is 412 g/mol. The zero-order valence-electron chi connectivity index (χ0n) is 15.0. The van der Waals surface area contributed by atoms with Crippen molar-refractivity contribution in [1.82, 2.24) is 15.5 Å². The predicted octanol–water partition coefficient (Wildman–Crippen LogP) is 3.02. The van der Waals surface area contributed by atoms with E-state index in [1.54, 1.807) is 30.3 Å². The molecule has 0 fully saturated rings. The van der Waals surface area contributed by atoms with Crippen LogP contribution in [0.1, 0.15) is 12.0 Å². The number of fused-ring (bicyclic) bond motifs is 1. The molecule has 2 aromatic carbocycles. The number of rotatable bonds is 5. The lowest BCUT2D eigenvalue weighted by atomic mass is 10.2. The van der Waals surface area contributed by atoms with Gasteiger partial charge in [-0.15, -0.1) is 10.2 Å². The van der Waals surface area contributed by atoms with Gasteiger partial charge in [-0.1, -0.05) is 42.1 Å². The smallest absolute Gasteiger partial charge is 0.325 e. The van der Waals surface area contributed by atoms with Crippen molar-refractivity contribution in [2.24, 2.45) is 0 Å². The van der Waals surface area contributed by atoms with Crippen molar-refractivity contribution in [2.45, 2.75) is 11.3 Å². The first-order valence-corrected chi connectivity index (χ1v) is 9.66. The van der Waals surface area contributed by atoms with Crippen LogP contribution < -0.4 is 20.1 Å². The Bertz CT molecular complexity index is 1010. The number of hydrogen-bond acceptors (Lipinski definition) is 8. The zero-order chi connectivity index (χ0) is 20.1. The number of ether oxygens (including phenoxy) is 2. The van der Waals surface area contributed by atoms with Gasteiger partial charge >= 0.3 is 6.03 Å². The number of nitrogens with one attached hydrogen (secondary N) is 2. The standard InChI is InChI=1S/C19H16N4O5S/c24-16(21-18(25)20-12-6-2-1-3-7-12)11-29-19-23-22-17(28-19)15-10-26-13-8-4-5-9-14(13)27-15/h1-9,15H,10-11H2,(H2,20,21,24,25)/t15-/m1/s1. The molecular weight excluding hydrogens is 396 g/mol. The quantitative estimate of drug-likeness (QED) is 0.615. The van der Waals surface area contributed by atoms with Crippen LogP contribution in [0.25, 0.3) is 0 Å². The molecule has 0 radical (unpaired) electrons. The van der Waals surface area contributed by atoms with Gasteiger partial charge in [-0.3, -0.25) is 10.1 Å². The van der Waals surface area contributed by atoms with Crippen LogP contribution in [-0.4, -0.2) is 34.5 Å². The van der Waals surface area contributed by atoms with Gasteiger partial charge in [-0.05, 0) is 24.3 Å². The number of aromatic nitrogens is 2. The van der Waals surface area contributed by atoms with Crippen LogP contribution in [0.2, 0.25) is 0 Å². The second-order valence-corrected chi connectivity index (χ2v) is 6.85. The van der Waals surface area contributed by atoms with Gasteiger partial charge in [0.15, 0.2) is 11.5 Å². The predicted molar refractivity (Wildman–Crippen MR) is 104 cm³/mol. The van der Waals surface area contributed by atoms with Gasteiger partial charge in [-0.25, -0.2) is 4.79 Å². The summed E-state index contributed by atoms with van der Waals surface area (Å²) in [6, 6.07) is 15.5. The number of urea groups is 1. The minimum Gasteiger partial charge on any atom is -0.485 e. The average Bonchev–Trinajstić information content (AvgIpc) is 3.22. The van der Waals surface area contributed by atoms with Crippen LogP contribution in [0.4, 0.5) is 10.5 Å². The molecule has 0 bridgehead atoms. The summed E-state index contributed by atoms with van der Waals surface area (Å²) in [4.78, 5) is 23.7. The second kappa shape index (κ2) is 8.65. The Morgan fingerprint density at radius 2 is 1.79 bits per heavy atom. The van der Waals surface area contributed by atoms with Gasteiger partial charge in [-0.2, -0.15) is 0 Å². The van der Waals surface area contributed by atoms with E-state index in [0.717, 1.165) is 11.8 Å². The van der Waals surface area contributed by atoms with Gasteiger partial charge in [0, 0.05) is 5.69 Å². The molecule has 148 valence electrons. The van der Waals surface area contributed by atoms with Crippen LogP contribution >= 0.6 is 11.8 Å². The van der Waals surface area contributed by atoms with Crippen LogP contribution in [0, 0.1) is 0 Å². The van der Waals surface area contributed by atoms with Crippen molar-refractivity contribution in [3.63, 3.8) is 0 Å². The molecule has 0 aliphatic carbocycles. The van der Waals surface area contributed by atoms with Gasteiger partial charge in [0.1, 0.15) is 6.61 Å². The summed E-state index contributed by atoms with van der Waals surface area (Å²) in [5.41, 5.74) is 0.586. The van der Waals surface area contributed by atoms with Crippen LogP contribution in [0.15, 0.2) is 64.2 Å². The molecule has 1 atom stereocenters. The number of imide groups is 1. The summed E-state index contributed by atoms with van der Waals surface area (Å²) in [7, 11) is 0. The molecule has 0 saturated heterocycles. The topological polar surface area (TPSA) is 116 Å². The van der Waals surface area contributed by atoms with E-state index in [2.05, 4.69) is 20.8 Å². The van der Waals surface area contributed by atoms with Gasteiger partial charge in [0.05, 0.1) is 5.75 Å². The molecule has 0 spiro atoms. The fraction of sp³-hybridized carbons (Fsp3) is 0.158. The first-order valence-electron chi connectivity index (χ1n) is 8.68. The number of anilines is 1. The third kappa shape index (κ3) is 4.85. The van der Waals surface area contributed by atoms with E-state index in [1.807, 2.05) is 24.3 Å². The summed E-state index contributed by atoms with van der Waals surface area (Å²) in [6.45, 7) is 0.240. The van der Waals surface area contributed by atoms with Crippen molar-refractivity contribution >= 4 is 29.4 Å². The number of thioether (sulfide) groups is 1. The van der Waals surface area contributed by atoms with E-state index < -0.39 is 18.0 Å². The third-order valence-corrected chi connectivity index (χ3v) is 4.64. The number of carbonyl (C=O) groups is 2. The fourth-order valence-electron chi connectivity index (χ4n) is 2.52. The molecule has 0 saturated carbocycles. The van der Waals surface area contributed by atoms with Gasteiger partial charge in [0.2, 0.25) is 12.0 Å². The second-order valence-electron chi connectivity index (χ2n) is 5.93. The Balaban J connectivity index is 1.26. The van der Waals surface area contributed by atoms with Crippen molar-refractivity contribution in [3.8, 4) is 11.5 Å². The highest BCUT2D eigenvalue weighted by molar-refractivity contribution is 7.99.